The van der Waals surface area contributed by atoms with Crippen molar-refractivity contribution < 1.29 is 32.2 Å². The molecule has 0 aromatic heterocycles. The molecular formula is C22H26F3N3O4. The first kappa shape index (κ1) is 23.5. The van der Waals surface area contributed by atoms with Gasteiger partial charge in [-0.3, -0.25) is 4.90 Å². The first-order valence-electron chi connectivity index (χ1n) is 9.99. The van der Waals surface area contributed by atoms with E-state index in [0.29, 0.717) is 50.0 Å². The number of urea groups is 1. The van der Waals surface area contributed by atoms with Crippen molar-refractivity contribution in [3.63, 3.8) is 0 Å². The van der Waals surface area contributed by atoms with Crippen molar-refractivity contribution in [2.45, 2.75) is 12.7 Å². The molecule has 10 heteroatoms. The van der Waals surface area contributed by atoms with Crippen LogP contribution in [0.2, 0.25) is 0 Å². The highest BCUT2D eigenvalue weighted by Gasteiger charge is 2.30. The zero-order valence-corrected chi connectivity index (χ0v) is 18.2. The number of carbonyl (C=O) groups excluding carboxylic acids is 1. The van der Waals surface area contributed by atoms with Crippen LogP contribution in [0.3, 0.4) is 0 Å². The van der Waals surface area contributed by atoms with Crippen molar-refractivity contribution in [1.29, 1.82) is 0 Å². The third kappa shape index (κ3) is 5.56. The molecule has 0 aliphatic carbocycles. The van der Waals surface area contributed by atoms with E-state index >= 15 is 0 Å². The summed E-state index contributed by atoms with van der Waals surface area (Å²) in [6.07, 6.45) is -4.46. The Labute approximate surface area is 184 Å². The number of amides is 2. The van der Waals surface area contributed by atoms with E-state index in [0.717, 1.165) is 17.7 Å². The van der Waals surface area contributed by atoms with Gasteiger partial charge in [-0.25, -0.2) is 4.79 Å². The summed E-state index contributed by atoms with van der Waals surface area (Å²) in [7, 11) is 4.66. The zero-order valence-electron chi connectivity index (χ0n) is 18.2. The number of methoxy groups -OCH3 is 3. The number of nitrogens with one attached hydrogen (secondary N) is 1. The lowest BCUT2D eigenvalue weighted by molar-refractivity contribution is -0.137. The van der Waals surface area contributed by atoms with Gasteiger partial charge in [0.15, 0.2) is 11.5 Å². The van der Waals surface area contributed by atoms with Gasteiger partial charge < -0.3 is 24.4 Å². The average molecular weight is 453 g/mol. The van der Waals surface area contributed by atoms with E-state index in [2.05, 4.69) is 10.2 Å². The molecule has 1 heterocycles. The Kier molecular flexibility index (Phi) is 7.34. The van der Waals surface area contributed by atoms with Gasteiger partial charge in [0.25, 0.3) is 0 Å². The molecule has 1 N–H and O–H groups in total. The quantitative estimate of drug-likeness (QED) is 0.714. The first-order chi connectivity index (χ1) is 15.2. The molecule has 1 fully saturated rings. The molecule has 0 bridgehead atoms. The second-order valence-electron chi connectivity index (χ2n) is 7.31. The Morgan fingerprint density at radius 1 is 0.969 bits per heavy atom. The van der Waals surface area contributed by atoms with Crippen LogP contribution in [0.15, 0.2) is 36.4 Å². The number of nitrogens with zero attached hydrogens (tertiary/aromatic N) is 2. The number of ether oxygens (including phenoxy) is 3. The van der Waals surface area contributed by atoms with E-state index in [1.807, 2.05) is 12.1 Å². The number of rotatable bonds is 6. The minimum atomic E-state index is -4.46. The van der Waals surface area contributed by atoms with Gasteiger partial charge in [0.2, 0.25) is 5.75 Å². The van der Waals surface area contributed by atoms with Gasteiger partial charge in [0.05, 0.1) is 26.9 Å². The summed E-state index contributed by atoms with van der Waals surface area (Å²) in [6.45, 7) is 2.77. The van der Waals surface area contributed by atoms with Crippen LogP contribution in [-0.4, -0.2) is 63.3 Å². The van der Waals surface area contributed by atoms with E-state index in [1.54, 1.807) is 26.2 Å². The minimum absolute atomic E-state index is 0.115. The molecule has 3 rings (SSSR count). The molecule has 1 aliphatic rings. The van der Waals surface area contributed by atoms with Crippen molar-refractivity contribution in [2.24, 2.45) is 0 Å². The number of alkyl halides is 3. The fourth-order valence-corrected chi connectivity index (χ4v) is 3.57. The lowest BCUT2D eigenvalue weighted by Gasteiger charge is -2.34. The number of halogens is 3. The van der Waals surface area contributed by atoms with Crippen molar-refractivity contribution >= 4 is 11.7 Å². The summed E-state index contributed by atoms with van der Waals surface area (Å²) in [6, 6.07) is 7.96. The lowest BCUT2D eigenvalue weighted by Crippen LogP contribution is -2.49. The number of benzene rings is 2. The van der Waals surface area contributed by atoms with Crippen LogP contribution >= 0.6 is 0 Å². The summed E-state index contributed by atoms with van der Waals surface area (Å²) in [4.78, 5) is 16.3. The van der Waals surface area contributed by atoms with Crippen molar-refractivity contribution in [3.05, 3.63) is 47.5 Å². The Bertz CT molecular complexity index is 919. The topological polar surface area (TPSA) is 63.3 Å². The Hall–Kier alpha value is -3.14. The molecular weight excluding hydrogens is 427 g/mol. The summed E-state index contributed by atoms with van der Waals surface area (Å²) >= 11 is 0. The van der Waals surface area contributed by atoms with Crippen LogP contribution in [0.1, 0.15) is 11.1 Å². The molecule has 0 atom stereocenters. The van der Waals surface area contributed by atoms with E-state index in [9.17, 15) is 18.0 Å². The van der Waals surface area contributed by atoms with Crippen LogP contribution < -0.4 is 19.5 Å². The van der Waals surface area contributed by atoms with E-state index < -0.39 is 17.8 Å². The highest BCUT2D eigenvalue weighted by atomic mass is 19.4. The van der Waals surface area contributed by atoms with Gasteiger partial charge in [0.1, 0.15) is 0 Å². The van der Waals surface area contributed by atoms with E-state index in [4.69, 9.17) is 14.2 Å². The van der Waals surface area contributed by atoms with Gasteiger partial charge in [-0.2, -0.15) is 13.2 Å². The highest BCUT2D eigenvalue weighted by Crippen LogP contribution is 2.38. The van der Waals surface area contributed by atoms with Crippen molar-refractivity contribution in [3.8, 4) is 17.2 Å². The first-order valence-corrected chi connectivity index (χ1v) is 9.99. The molecule has 2 aromatic rings. The summed E-state index contributed by atoms with van der Waals surface area (Å²) in [5.74, 6) is 1.66. The van der Waals surface area contributed by atoms with Crippen molar-refractivity contribution in [2.75, 3.05) is 52.8 Å². The van der Waals surface area contributed by atoms with Crippen LogP contribution in [-0.2, 0) is 12.7 Å². The maximum atomic E-state index is 12.9. The number of piperazine rings is 1. The molecule has 1 aliphatic heterocycles. The molecule has 0 saturated carbocycles. The maximum Gasteiger partial charge on any atom is 0.416 e. The van der Waals surface area contributed by atoms with Gasteiger partial charge in [-0.15, -0.1) is 0 Å². The molecule has 32 heavy (non-hydrogen) atoms. The maximum absolute atomic E-state index is 12.9. The van der Waals surface area contributed by atoms with Crippen LogP contribution in [0, 0.1) is 0 Å². The van der Waals surface area contributed by atoms with E-state index in [-0.39, 0.29) is 5.69 Å². The molecule has 2 amide bonds. The third-order valence-corrected chi connectivity index (χ3v) is 5.23. The molecule has 1 saturated heterocycles. The number of hydrogen-bond donors (Lipinski definition) is 1. The van der Waals surface area contributed by atoms with E-state index in [1.165, 1.54) is 12.1 Å². The predicted octanol–water partition coefficient (Wildman–Crippen LogP) is 4.08. The average Bonchev–Trinajstić information content (AvgIpc) is 2.78. The van der Waals surface area contributed by atoms with Crippen LogP contribution in [0.5, 0.6) is 17.2 Å². The number of hydrogen-bond acceptors (Lipinski definition) is 5. The highest BCUT2D eigenvalue weighted by molar-refractivity contribution is 5.89. The molecule has 174 valence electrons. The van der Waals surface area contributed by atoms with Gasteiger partial charge in [-0.1, -0.05) is 6.07 Å². The monoisotopic (exact) mass is 453 g/mol. The minimum Gasteiger partial charge on any atom is -0.493 e. The fraction of sp³-hybridized carbons (Fsp3) is 0.409. The lowest BCUT2D eigenvalue weighted by atomic mass is 10.1. The second-order valence-corrected chi connectivity index (χ2v) is 7.31. The molecule has 2 aromatic carbocycles. The van der Waals surface area contributed by atoms with Gasteiger partial charge in [-0.05, 0) is 35.9 Å². The normalized spacial score (nSPS) is 14.8. The molecule has 7 nitrogen and oxygen atoms in total. The largest absolute Gasteiger partial charge is 0.493 e. The Balaban J connectivity index is 1.58. The molecule has 0 unspecified atom stereocenters. The Morgan fingerprint density at radius 3 is 2.12 bits per heavy atom. The van der Waals surface area contributed by atoms with Gasteiger partial charge in [0, 0.05) is 38.4 Å². The summed E-state index contributed by atoms with van der Waals surface area (Å²) in [5, 5.41) is 2.55. The molecule has 0 radical (unpaired) electrons. The smallest absolute Gasteiger partial charge is 0.416 e. The van der Waals surface area contributed by atoms with Gasteiger partial charge >= 0.3 is 12.2 Å². The second kappa shape index (κ2) is 9.99. The van der Waals surface area contributed by atoms with Crippen molar-refractivity contribution in [1.82, 2.24) is 9.80 Å². The standard InChI is InChI=1S/C22H26F3N3O4/c1-30-18-11-15(12-19(31-2)20(18)32-3)14-27-7-9-28(10-8-27)21(29)26-17-6-4-5-16(13-17)22(23,24)25/h4-6,11-13H,7-10,14H2,1-3H3,(H,26,29). The van der Waals surface area contributed by atoms with Crippen LogP contribution in [0.4, 0.5) is 23.7 Å². The zero-order chi connectivity index (χ0) is 23.3. The fourth-order valence-electron chi connectivity index (χ4n) is 3.57. The number of anilines is 1. The molecule has 0 spiro atoms. The SMILES string of the molecule is COc1cc(CN2CCN(C(=O)Nc3cccc(C(F)(F)F)c3)CC2)cc(OC)c1OC. The summed E-state index contributed by atoms with van der Waals surface area (Å²) < 4.78 is 54.7. The summed E-state index contributed by atoms with van der Waals surface area (Å²) in [5.41, 5.74) is 0.288. The predicted molar refractivity (Wildman–Crippen MR) is 113 cm³/mol. The third-order valence-electron chi connectivity index (χ3n) is 5.23. The Morgan fingerprint density at radius 2 is 1.59 bits per heavy atom. The number of carbonyl (C=O) groups is 1. The van der Waals surface area contributed by atoms with Crippen LogP contribution in [0.25, 0.3) is 0 Å².